The normalized spacial score (nSPS) is 26.5. The number of nitrogens with one attached hydrogen (secondary N) is 1. The predicted molar refractivity (Wildman–Crippen MR) is 69.2 cm³/mol. The fraction of sp³-hybridized carbons (Fsp3) is 0.769. The number of carbonyl (C=O) groups excluding carboxylic acids is 2. The van der Waals surface area contributed by atoms with Gasteiger partial charge in [0.2, 0.25) is 5.91 Å². The minimum atomic E-state index is -0.712. The van der Waals surface area contributed by atoms with E-state index in [0.29, 0.717) is 5.84 Å². The molecular formula is C13H21N3O2. The van der Waals surface area contributed by atoms with E-state index in [4.69, 9.17) is 4.99 Å². The molecule has 100 valence electrons. The molecule has 5 heteroatoms. The van der Waals surface area contributed by atoms with Gasteiger partial charge in [-0.1, -0.05) is 27.7 Å². The molecule has 0 aromatic rings. The van der Waals surface area contributed by atoms with Crippen molar-refractivity contribution >= 4 is 17.6 Å². The van der Waals surface area contributed by atoms with Crippen LogP contribution < -0.4 is 5.32 Å². The summed E-state index contributed by atoms with van der Waals surface area (Å²) in [5, 5.41) is 2.82. The number of fused-ring (bicyclic) bond motifs is 1. The molecule has 0 spiro atoms. The average Bonchev–Trinajstić information content (AvgIpc) is 2.54. The lowest BCUT2D eigenvalue weighted by Crippen LogP contribution is -2.58. The van der Waals surface area contributed by atoms with Gasteiger partial charge in [-0.2, -0.15) is 0 Å². The molecule has 2 heterocycles. The highest BCUT2D eigenvalue weighted by Crippen LogP contribution is 2.38. The fourth-order valence-electron chi connectivity index (χ4n) is 3.02. The van der Waals surface area contributed by atoms with E-state index in [2.05, 4.69) is 5.32 Å². The number of piperazine rings is 1. The number of amides is 2. The molecule has 5 nitrogen and oxygen atoms in total. The highest BCUT2D eigenvalue weighted by atomic mass is 16.2. The summed E-state index contributed by atoms with van der Waals surface area (Å²) in [6, 6.07) is -0.186. The van der Waals surface area contributed by atoms with Crippen LogP contribution in [0.25, 0.3) is 0 Å². The Morgan fingerprint density at radius 1 is 1.28 bits per heavy atom. The third-order valence-corrected chi connectivity index (χ3v) is 3.99. The summed E-state index contributed by atoms with van der Waals surface area (Å²) < 4.78 is 0. The van der Waals surface area contributed by atoms with Crippen LogP contribution in [-0.4, -0.2) is 40.7 Å². The smallest absolute Gasteiger partial charge is 0.256 e. The first kappa shape index (κ1) is 13.1. The Bertz CT molecular complexity index is 418. The second-order valence-electron chi connectivity index (χ2n) is 5.79. The van der Waals surface area contributed by atoms with Gasteiger partial charge in [0.25, 0.3) is 5.91 Å². The van der Waals surface area contributed by atoms with Crippen molar-refractivity contribution in [3.63, 3.8) is 0 Å². The fourth-order valence-corrected chi connectivity index (χ4v) is 3.02. The molecule has 2 amide bonds. The van der Waals surface area contributed by atoms with Crippen LogP contribution >= 0.6 is 0 Å². The van der Waals surface area contributed by atoms with Gasteiger partial charge in [-0.3, -0.25) is 19.5 Å². The van der Waals surface area contributed by atoms with Crippen molar-refractivity contribution in [1.29, 1.82) is 0 Å². The zero-order chi connectivity index (χ0) is 13.7. The van der Waals surface area contributed by atoms with Gasteiger partial charge in [-0.15, -0.1) is 0 Å². The zero-order valence-corrected chi connectivity index (χ0v) is 11.7. The highest BCUT2D eigenvalue weighted by molar-refractivity contribution is 6.14. The summed E-state index contributed by atoms with van der Waals surface area (Å²) >= 11 is 0. The van der Waals surface area contributed by atoms with Crippen LogP contribution in [0.1, 0.15) is 34.6 Å². The summed E-state index contributed by atoms with van der Waals surface area (Å²) in [5.74, 6) is 0.806. The molecule has 0 bridgehead atoms. The molecule has 0 saturated carbocycles. The standard InChI is InChI=1S/C13H21N3O2/c1-7(2)13(8(3)4)12(18)16-6-10(17)14-9(5)11(16)15-13/h7-9H,6H2,1-5H3,(H,14,17). The Labute approximate surface area is 108 Å². The van der Waals surface area contributed by atoms with Gasteiger partial charge in [0.1, 0.15) is 17.9 Å². The SMILES string of the molecule is CC1NC(=O)CN2C(=O)C(C(C)C)(C(C)C)N=C12. The lowest BCUT2D eigenvalue weighted by atomic mass is 9.77. The summed E-state index contributed by atoms with van der Waals surface area (Å²) in [4.78, 5) is 30.5. The summed E-state index contributed by atoms with van der Waals surface area (Å²) in [5.41, 5.74) is -0.712. The summed E-state index contributed by atoms with van der Waals surface area (Å²) in [6.07, 6.45) is 0. The number of carbonyl (C=O) groups is 2. The van der Waals surface area contributed by atoms with Crippen LogP contribution in [-0.2, 0) is 9.59 Å². The van der Waals surface area contributed by atoms with Crippen molar-refractivity contribution in [2.24, 2.45) is 16.8 Å². The van der Waals surface area contributed by atoms with Gasteiger partial charge in [-0.05, 0) is 18.8 Å². The van der Waals surface area contributed by atoms with E-state index in [1.807, 2.05) is 34.6 Å². The summed E-state index contributed by atoms with van der Waals surface area (Å²) in [6.45, 7) is 10.0. The molecule has 0 aromatic heterocycles. The molecule has 2 aliphatic heterocycles. The van der Waals surface area contributed by atoms with E-state index in [0.717, 1.165) is 0 Å². The number of aliphatic imine (C=N–C) groups is 1. The first-order valence-corrected chi connectivity index (χ1v) is 6.51. The van der Waals surface area contributed by atoms with Gasteiger partial charge in [-0.25, -0.2) is 0 Å². The van der Waals surface area contributed by atoms with Gasteiger partial charge in [0.15, 0.2) is 0 Å². The van der Waals surface area contributed by atoms with Crippen molar-refractivity contribution < 1.29 is 9.59 Å². The lowest BCUT2D eigenvalue weighted by Gasteiger charge is -2.34. The van der Waals surface area contributed by atoms with Crippen molar-refractivity contribution in [2.75, 3.05) is 6.54 Å². The molecule has 18 heavy (non-hydrogen) atoms. The van der Waals surface area contributed by atoms with E-state index in [-0.39, 0.29) is 36.2 Å². The quantitative estimate of drug-likeness (QED) is 0.789. The molecule has 1 unspecified atom stereocenters. The average molecular weight is 251 g/mol. The van der Waals surface area contributed by atoms with E-state index < -0.39 is 5.54 Å². The maximum Gasteiger partial charge on any atom is 0.256 e. The summed E-state index contributed by atoms with van der Waals surface area (Å²) in [7, 11) is 0. The maximum atomic E-state index is 12.7. The Hall–Kier alpha value is -1.39. The number of hydrogen-bond acceptors (Lipinski definition) is 3. The molecule has 1 fully saturated rings. The number of rotatable bonds is 2. The van der Waals surface area contributed by atoms with Crippen molar-refractivity contribution in [3.05, 3.63) is 0 Å². The highest BCUT2D eigenvalue weighted by Gasteiger charge is 2.54. The van der Waals surface area contributed by atoms with Crippen LogP contribution in [0.3, 0.4) is 0 Å². The first-order chi connectivity index (χ1) is 8.30. The van der Waals surface area contributed by atoms with Gasteiger partial charge in [0, 0.05) is 0 Å². The van der Waals surface area contributed by atoms with E-state index in [9.17, 15) is 9.59 Å². The van der Waals surface area contributed by atoms with Crippen molar-refractivity contribution in [3.8, 4) is 0 Å². The largest absolute Gasteiger partial charge is 0.345 e. The first-order valence-electron chi connectivity index (χ1n) is 6.51. The molecule has 1 saturated heterocycles. The molecule has 0 radical (unpaired) electrons. The second kappa shape index (κ2) is 4.07. The Kier molecular flexibility index (Phi) is 2.95. The maximum absolute atomic E-state index is 12.7. The van der Waals surface area contributed by atoms with E-state index in [1.54, 1.807) is 4.90 Å². The van der Waals surface area contributed by atoms with Crippen molar-refractivity contribution in [2.45, 2.75) is 46.2 Å². The van der Waals surface area contributed by atoms with E-state index >= 15 is 0 Å². The van der Waals surface area contributed by atoms with Crippen LogP contribution in [0.4, 0.5) is 0 Å². The molecule has 0 aliphatic carbocycles. The molecule has 1 atom stereocenters. The Morgan fingerprint density at radius 2 is 1.83 bits per heavy atom. The molecular weight excluding hydrogens is 230 g/mol. The topological polar surface area (TPSA) is 61.8 Å². The van der Waals surface area contributed by atoms with Crippen LogP contribution in [0.5, 0.6) is 0 Å². The third-order valence-electron chi connectivity index (χ3n) is 3.99. The second-order valence-corrected chi connectivity index (χ2v) is 5.79. The molecule has 2 aliphatic rings. The lowest BCUT2D eigenvalue weighted by molar-refractivity contribution is -0.138. The monoisotopic (exact) mass is 251 g/mol. The van der Waals surface area contributed by atoms with Gasteiger partial charge < -0.3 is 5.32 Å². The molecule has 2 rings (SSSR count). The van der Waals surface area contributed by atoms with Crippen LogP contribution in [0, 0.1) is 11.8 Å². The Balaban J connectivity index is 2.48. The van der Waals surface area contributed by atoms with Crippen molar-refractivity contribution in [1.82, 2.24) is 10.2 Å². The molecule has 1 N–H and O–H groups in total. The minimum Gasteiger partial charge on any atom is -0.345 e. The number of hydrogen-bond donors (Lipinski definition) is 1. The molecule has 0 aromatic carbocycles. The number of amidine groups is 1. The van der Waals surface area contributed by atoms with Crippen LogP contribution in [0.2, 0.25) is 0 Å². The van der Waals surface area contributed by atoms with Gasteiger partial charge in [0.05, 0.1) is 6.04 Å². The number of nitrogens with zero attached hydrogens (tertiary/aromatic N) is 2. The van der Waals surface area contributed by atoms with Gasteiger partial charge >= 0.3 is 0 Å². The zero-order valence-electron chi connectivity index (χ0n) is 11.7. The van der Waals surface area contributed by atoms with E-state index in [1.165, 1.54) is 0 Å². The third kappa shape index (κ3) is 1.56. The van der Waals surface area contributed by atoms with Crippen LogP contribution in [0.15, 0.2) is 4.99 Å². The minimum absolute atomic E-state index is 0.0239. The predicted octanol–water partition coefficient (Wildman–Crippen LogP) is 0.796. The Morgan fingerprint density at radius 3 is 2.33 bits per heavy atom.